The summed E-state index contributed by atoms with van der Waals surface area (Å²) >= 11 is 0. The summed E-state index contributed by atoms with van der Waals surface area (Å²) in [5.74, 6) is -0.211. The molecule has 0 unspecified atom stereocenters. The molecule has 0 saturated carbocycles. The normalized spacial score (nSPS) is 18.6. The Labute approximate surface area is 227 Å². The number of esters is 1. The average molecular weight is 512 g/mol. The molecule has 0 bridgehead atoms. The van der Waals surface area contributed by atoms with E-state index in [-0.39, 0.29) is 11.9 Å². The van der Waals surface area contributed by atoms with Gasteiger partial charge in [-0.2, -0.15) is 0 Å². The standard InChI is InChI=1S/C33H41N3O2/c1-23(2)36-20-18-26(19-21-36)34-22-24(3)31(32(37)38-4)35-33(25-12-6-5-7-13-25)29-16-10-8-14-27(29)28-15-9-11-17-30(28)33/h5-17,23-24,26,31,34-35H,18-22H2,1-4H3/t24-,31-/m0/s1. The fourth-order valence-electron chi connectivity index (χ4n) is 6.36. The zero-order valence-electron chi connectivity index (χ0n) is 23.1. The average Bonchev–Trinajstić information content (AvgIpc) is 3.25. The van der Waals surface area contributed by atoms with E-state index in [4.69, 9.17) is 4.74 Å². The predicted molar refractivity (Wildman–Crippen MR) is 154 cm³/mol. The summed E-state index contributed by atoms with van der Waals surface area (Å²) in [5, 5.41) is 7.68. The molecule has 0 spiro atoms. The summed E-state index contributed by atoms with van der Waals surface area (Å²) in [5.41, 5.74) is 5.19. The molecule has 5 rings (SSSR count). The van der Waals surface area contributed by atoms with Gasteiger partial charge >= 0.3 is 5.97 Å². The van der Waals surface area contributed by atoms with Gasteiger partial charge in [0.2, 0.25) is 0 Å². The van der Waals surface area contributed by atoms with Crippen molar-refractivity contribution in [2.75, 3.05) is 26.7 Å². The third-order valence-electron chi connectivity index (χ3n) is 8.54. The maximum absolute atomic E-state index is 13.4. The largest absolute Gasteiger partial charge is 0.468 e. The summed E-state index contributed by atoms with van der Waals surface area (Å²) < 4.78 is 5.40. The minimum Gasteiger partial charge on any atom is -0.468 e. The lowest BCUT2D eigenvalue weighted by Crippen LogP contribution is -2.56. The fraction of sp³-hybridized carbons (Fsp3) is 0.424. The number of hydrogen-bond donors (Lipinski definition) is 2. The van der Waals surface area contributed by atoms with E-state index in [9.17, 15) is 4.79 Å². The van der Waals surface area contributed by atoms with E-state index in [2.05, 4.69) is 109 Å². The molecular weight excluding hydrogens is 470 g/mol. The lowest BCUT2D eigenvalue weighted by molar-refractivity contribution is -0.145. The van der Waals surface area contributed by atoms with Gasteiger partial charge in [0.1, 0.15) is 6.04 Å². The van der Waals surface area contributed by atoms with Gasteiger partial charge in [0.05, 0.1) is 12.6 Å². The number of carbonyl (C=O) groups is 1. The zero-order chi connectivity index (χ0) is 26.7. The summed E-state index contributed by atoms with van der Waals surface area (Å²) in [6.45, 7) is 9.67. The van der Waals surface area contributed by atoms with Crippen LogP contribution in [0.3, 0.4) is 0 Å². The van der Waals surface area contributed by atoms with Gasteiger partial charge in [-0.15, -0.1) is 0 Å². The Morgan fingerprint density at radius 1 is 0.895 bits per heavy atom. The topological polar surface area (TPSA) is 53.6 Å². The van der Waals surface area contributed by atoms with Crippen LogP contribution in [0.25, 0.3) is 11.1 Å². The van der Waals surface area contributed by atoms with Crippen molar-refractivity contribution in [3.8, 4) is 11.1 Å². The van der Waals surface area contributed by atoms with Gasteiger partial charge in [-0.1, -0.05) is 85.8 Å². The van der Waals surface area contributed by atoms with Crippen LogP contribution in [0, 0.1) is 5.92 Å². The molecule has 2 N–H and O–H groups in total. The Hall–Kier alpha value is -2.99. The van der Waals surface area contributed by atoms with Crippen molar-refractivity contribution in [1.82, 2.24) is 15.5 Å². The number of piperidine rings is 1. The highest BCUT2D eigenvalue weighted by atomic mass is 16.5. The number of ether oxygens (including phenoxy) is 1. The number of methoxy groups -OCH3 is 1. The van der Waals surface area contributed by atoms with Crippen molar-refractivity contribution < 1.29 is 9.53 Å². The van der Waals surface area contributed by atoms with Crippen LogP contribution in [-0.4, -0.2) is 55.7 Å². The van der Waals surface area contributed by atoms with E-state index in [0.29, 0.717) is 12.1 Å². The molecule has 1 fully saturated rings. The number of hydrogen-bond acceptors (Lipinski definition) is 5. The first kappa shape index (κ1) is 26.6. The molecule has 1 aliphatic heterocycles. The minimum atomic E-state index is -0.663. The van der Waals surface area contributed by atoms with Crippen LogP contribution in [0.15, 0.2) is 78.9 Å². The Balaban J connectivity index is 1.47. The Morgan fingerprint density at radius 3 is 2.00 bits per heavy atom. The molecule has 0 radical (unpaired) electrons. The SMILES string of the molecule is COC(=O)[C@@H](NC1(c2ccccc2)c2ccccc2-c2ccccc21)[C@@H](C)CNC1CCN(C(C)C)CC1. The predicted octanol–water partition coefficient (Wildman–Crippen LogP) is 5.19. The quantitative estimate of drug-likeness (QED) is 0.388. The summed E-state index contributed by atoms with van der Waals surface area (Å²) in [4.78, 5) is 15.9. The van der Waals surface area contributed by atoms with Gasteiger partial charge in [0, 0.05) is 18.6 Å². The number of benzene rings is 3. The van der Waals surface area contributed by atoms with Crippen LogP contribution in [-0.2, 0) is 15.1 Å². The number of nitrogens with zero attached hydrogens (tertiary/aromatic N) is 1. The van der Waals surface area contributed by atoms with Crippen molar-refractivity contribution in [3.05, 3.63) is 95.6 Å². The second kappa shape index (κ2) is 11.4. The lowest BCUT2D eigenvalue weighted by Gasteiger charge is -2.39. The van der Waals surface area contributed by atoms with Gasteiger partial charge in [0.15, 0.2) is 0 Å². The molecule has 3 aromatic carbocycles. The van der Waals surface area contributed by atoms with Crippen molar-refractivity contribution >= 4 is 5.97 Å². The van der Waals surface area contributed by atoms with Crippen LogP contribution in [0.4, 0.5) is 0 Å². The highest BCUT2D eigenvalue weighted by molar-refractivity contribution is 5.84. The monoisotopic (exact) mass is 511 g/mol. The Bertz CT molecular complexity index is 1190. The van der Waals surface area contributed by atoms with Crippen LogP contribution in [0.2, 0.25) is 0 Å². The number of likely N-dealkylation sites (tertiary alicyclic amines) is 1. The first-order valence-electron chi connectivity index (χ1n) is 14.0. The highest BCUT2D eigenvalue weighted by Crippen LogP contribution is 2.51. The Kier molecular flexibility index (Phi) is 7.98. The molecule has 1 heterocycles. The van der Waals surface area contributed by atoms with Gasteiger partial charge in [0.25, 0.3) is 0 Å². The molecule has 2 atom stereocenters. The van der Waals surface area contributed by atoms with Crippen molar-refractivity contribution in [1.29, 1.82) is 0 Å². The second-order valence-corrected chi connectivity index (χ2v) is 11.1. The van der Waals surface area contributed by atoms with Crippen molar-refractivity contribution in [2.24, 2.45) is 5.92 Å². The molecule has 2 aliphatic rings. The maximum Gasteiger partial charge on any atom is 0.323 e. The molecule has 1 saturated heterocycles. The van der Waals surface area contributed by atoms with E-state index in [1.165, 1.54) is 29.4 Å². The van der Waals surface area contributed by atoms with Gasteiger partial charge < -0.3 is 15.0 Å². The number of fused-ring (bicyclic) bond motifs is 3. The van der Waals surface area contributed by atoms with Gasteiger partial charge in [-0.05, 0) is 73.5 Å². The van der Waals surface area contributed by atoms with Crippen LogP contribution in [0.1, 0.15) is 50.3 Å². The molecule has 0 aromatic heterocycles. The second-order valence-electron chi connectivity index (χ2n) is 11.1. The van der Waals surface area contributed by atoms with E-state index in [1.54, 1.807) is 0 Å². The third kappa shape index (κ3) is 4.91. The number of rotatable bonds is 9. The van der Waals surface area contributed by atoms with E-state index in [1.807, 2.05) is 6.07 Å². The molecule has 5 heteroatoms. The first-order chi connectivity index (χ1) is 18.5. The third-order valence-corrected chi connectivity index (χ3v) is 8.54. The molecule has 3 aromatic rings. The van der Waals surface area contributed by atoms with E-state index < -0.39 is 11.6 Å². The van der Waals surface area contributed by atoms with Gasteiger partial charge in [-0.25, -0.2) is 0 Å². The molecule has 38 heavy (non-hydrogen) atoms. The maximum atomic E-state index is 13.4. The van der Waals surface area contributed by atoms with E-state index in [0.717, 1.165) is 38.0 Å². The number of nitrogens with one attached hydrogen (secondary N) is 2. The molecule has 0 amide bonds. The highest BCUT2D eigenvalue weighted by Gasteiger charge is 2.47. The van der Waals surface area contributed by atoms with Crippen molar-refractivity contribution in [3.63, 3.8) is 0 Å². The smallest absolute Gasteiger partial charge is 0.323 e. The fourth-order valence-corrected chi connectivity index (χ4v) is 6.36. The number of carbonyl (C=O) groups excluding carboxylic acids is 1. The van der Waals surface area contributed by atoms with Crippen LogP contribution >= 0.6 is 0 Å². The summed E-state index contributed by atoms with van der Waals surface area (Å²) in [7, 11) is 1.49. The van der Waals surface area contributed by atoms with Crippen LogP contribution < -0.4 is 10.6 Å². The lowest BCUT2D eigenvalue weighted by atomic mass is 9.79. The molecule has 1 aliphatic carbocycles. The van der Waals surface area contributed by atoms with E-state index >= 15 is 0 Å². The first-order valence-corrected chi connectivity index (χ1v) is 14.0. The molecular formula is C33H41N3O2. The zero-order valence-corrected chi connectivity index (χ0v) is 23.1. The summed E-state index contributed by atoms with van der Waals surface area (Å²) in [6, 6.07) is 28.2. The van der Waals surface area contributed by atoms with Crippen molar-refractivity contribution in [2.45, 2.75) is 57.3 Å². The Morgan fingerprint density at radius 2 is 1.45 bits per heavy atom. The minimum absolute atomic E-state index is 0.0195. The molecule has 5 nitrogen and oxygen atoms in total. The van der Waals surface area contributed by atoms with Crippen LogP contribution in [0.5, 0.6) is 0 Å². The summed E-state index contributed by atoms with van der Waals surface area (Å²) in [6.07, 6.45) is 2.27. The molecule has 200 valence electrons. The van der Waals surface area contributed by atoms with Gasteiger partial charge in [-0.3, -0.25) is 10.1 Å².